The quantitative estimate of drug-likeness (QED) is 0.737. The van der Waals surface area contributed by atoms with E-state index in [1.165, 1.54) is 0 Å². The van der Waals surface area contributed by atoms with Crippen molar-refractivity contribution in [2.24, 2.45) is 11.3 Å². The third-order valence-electron chi connectivity index (χ3n) is 4.00. The second kappa shape index (κ2) is 5.61. The Morgan fingerprint density at radius 1 is 1.37 bits per heavy atom. The Labute approximate surface area is 123 Å². The predicted octanol–water partition coefficient (Wildman–Crippen LogP) is 3.74. The number of aromatic nitrogens is 1. The molecule has 104 valence electrons. The summed E-state index contributed by atoms with van der Waals surface area (Å²) >= 11 is 3.35. The van der Waals surface area contributed by atoms with Gasteiger partial charge in [-0.25, -0.2) is 4.98 Å². The van der Waals surface area contributed by atoms with Crippen LogP contribution in [0.5, 0.6) is 0 Å². The van der Waals surface area contributed by atoms with Crippen LogP contribution in [0.3, 0.4) is 0 Å². The fraction of sp³-hybridized carbons (Fsp3) is 0.600. The Bertz CT molecular complexity index is 459. The van der Waals surface area contributed by atoms with E-state index < -0.39 is 0 Å². The number of hydrogen-bond donors (Lipinski definition) is 0. The largest absolute Gasteiger partial charge is 0.339 e. The van der Waals surface area contributed by atoms with Crippen molar-refractivity contribution < 1.29 is 4.79 Å². The Kier molecular flexibility index (Phi) is 4.29. The second-order valence-corrected chi connectivity index (χ2v) is 7.03. The van der Waals surface area contributed by atoms with Gasteiger partial charge in [0.15, 0.2) is 0 Å². The van der Waals surface area contributed by atoms with E-state index in [0.717, 1.165) is 25.9 Å². The molecule has 1 aliphatic rings. The van der Waals surface area contributed by atoms with E-state index in [-0.39, 0.29) is 5.91 Å². The van der Waals surface area contributed by atoms with Gasteiger partial charge < -0.3 is 4.90 Å². The maximum atomic E-state index is 12.4. The van der Waals surface area contributed by atoms with Gasteiger partial charge in [-0.05, 0) is 52.2 Å². The van der Waals surface area contributed by atoms with Gasteiger partial charge >= 0.3 is 0 Å². The summed E-state index contributed by atoms with van der Waals surface area (Å²) in [5.41, 5.74) is 1.00. The molecule has 0 aliphatic carbocycles. The summed E-state index contributed by atoms with van der Waals surface area (Å²) in [6, 6.07) is 3.63. The summed E-state index contributed by atoms with van der Waals surface area (Å²) in [4.78, 5) is 18.5. The highest BCUT2D eigenvalue weighted by atomic mass is 79.9. The standard InChI is InChI=1S/C15H21BrN2O/c1-15(2,3)11-6-9-18(10-7-11)14(19)12-5-4-8-17-13(12)16/h4-5,8,11H,6-7,9-10H2,1-3H3. The van der Waals surface area contributed by atoms with Gasteiger partial charge in [0.25, 0.3) is 5.91 Å². The van der Waals surface area contributed by atoms with Crippen molar-refractivity contribution in [1.82, 2.24) is 9.88 Å². The minimum atomic E-state index is 0.0901. The average molecular weight is 325 g/mol. The van der Waals surface area contributed by atoms with Crippen LogP contribution in [-0.4, -0.2) is 28.9 Å². The van der Waals surface area contributed by atoms with Gasteiger partial charge in [-0.1, -0.05) is 20.8 Å². The molecule has 0 unspecified atom stereocenters. The van der Waals surface area contributed by atoms with Crippen molar-refractivity contribution in [3.63, 3.8) is 0 Å². The number of carbonyl (C=O) groups is 1. The van der Waals surface area contributed by atoms with E-state index in [4.69, 9.17) is 0 Å². The Morgan fingerprint density at radius 2 is 2.00 bits per heavy atom. The first kappa shape index (κ1) is 14.5. The molecule has 1 aromatic heterocycles. The average Bonchev–Trinajstić information content (AvgIpc) is 2.38. The summed E-state index contributed by atoms with van der Waals surface area (Å²) in [5, 5.41) is 0. The summed E-state index contributed by atoms with van der Waals surface area (Å²) in [6.07, 6.45) is 3.87. The Hall–Kier alpha value is -0.900. The molecule has 0 saturated carbocycles. The lowest BCUT2D eigenvalue weighted by atomic mass is 9.75. The van der Waals surface area contributed by atoms with Crippen molar-refractivity contribution in [3.8, 4) is 0 Å². The van der Waals surface area contributed by atoms with Crippen LogP contribution in [0.2, 0.25) is 0 Å². The van der Waals surface area contributed by atoms with Gasteiger partial charge in [0.2, 0.25) is 0 Å². The molecule has 3 nitrogen and oxygen atoms in total. The molecule has 2 heterocycles. The van der Waals surface area contributed by atoms with Crippen LogP contribution in [-0.2, 0) is 0 Å². The van der Waals surface area contributed by atoms with Crippen molar-refractivity contribution in [1.29, 1.82) is 0 Å². The van der Waals surface area contributed by atoms with Gasteiger partial charge in [-0.15, -0.1) is 0 Å². The zero-order chi connectivity index (χ0) is 14.0. The van der Waals surface area contributed by atoms with Crippen LogP contribution in [0.1, 0.15) is 44.0 Å². The first-order valence-corrected chi connectivity index (χ1v) is 7.58. The van der Waals surface area contributed by atoms with Crippen LogP contribution in [0.15, 0.2) is 22.9 Å². The van der Waals surface area contributed by atoms with Crippen LogP contribution in [0.25, 0.3) is 0 Å². The number of carbonyl (C=O) groups excluding carboxylic acids is 1. The van der Waals surface area contributed by atoms with Crippen LogP contribution in [0, 0.1) is 11.3 Å². The predicted molar refractivity (Wildman–Crippen MR) is 80.0 cm³/mol. The summed E-state index contributed by atoms with van der Waals surface area (Å²) < 4.78 is 0.637. The van der Waals surface area contributed by atoms with Crippen molar-refractivity contribution >= 4 is 21.8 Å². The highest BCUT2D eigenvalue weighted by Crippen LogP contribution is 2.34. The normalized spacial score (nSPS) is 17.6. The molecule has 2 rings (SSSR count). The molecule has 1 aromatic rings. The first-order valence-electron chi connectivity index (χ1n) is 6.79. The molecule has 4 heteroatoms. The van der Waals surface area contributed by atoms with Crippen LogP contribution >= 0.6 is 15.9 Å². The minimum absolute atomic E-state index is 0.0901. The van der Waals surface area contributed by atoms with Crippen molar-refractivity contribution in [2.45, 2.75) is 33.6 Å². The molecule has 1 aliphatic heterocycles. The fourth-order valence-corrected chi connectivity index (χ4v) is 3.08. The second-order valence-electron chi connectivity index (χ2n) is 6.27. The molecule has 0 N–H and O–H groups in total. The molecule has 0 aromatic carbocycles. The molecule has 0 atom stereocenters. The van der Waals surface area contributed by atoms with Gasteiger partial charge in [0, 0.05) is 19.3 Å². The third-order valence-corrected chi connectivity index (χ3v) is 4.63. The summed E-state index contributed by atoms with van der Waals surface area (Å²) in [6.45, 7) is 8.55. The third kappa shape index (κ3) is 3.35. The van der Waals surface area contributed by atoms with Crippen LogP contribution in [0.4, 0.5) is 0 Å². The molecule has 0 spiro atoms. The van der Waals surface area contributed by atoms with Gasteiger partial charge in [0.05, 0.1) is 5.56 Å². The highest BCUT2D eigenvalue weighted by Gasteiger charge is 2.31. The van der Waals surface area contributed by atoms with Crippen LogP contribution < -0.4 is 0 Å². The minimum Gasteiger partial charge on any atom is -0.339 e. The van der Waals surface area contributed by atoms with E-state index in [1.807, 2.05) is 11.0 Å². The van der Waals surface area contributed by atoms with Gasteiger partial charge in [-0.2, -0.15) is 0 Å². The van der Waals surface area contributed by atoms with Crippen molar-refractivity contribution in [2.75, 3.05) is 13.1 Å². The van der Waals surface area contributed by atoms with E-state index in [1.54, 1.807) is 12.3 Å². The maximum Gasteiger partial charge on any atom is 0.256 e. The molecule has 0 radical (unpaired) electrons. The number of rotatable bonds is 1. The fourth-order valence-electron chi connectivity index (χ4n) is 2.66. The molecule has 1 saturated heterocycles. The molecule has 1 fully saturated rings. The number of likely N-dealkylation sites (tertiary alicyclic amines) is 1. The molecule has 1 amide bonds. The Morgan fingerprint density at radius 3 is 2.53 bits per heavy atom. The van der Waals surface area contributed by atoms with E-state index >= 15 is 0 Å². The molecular formula is C15H21BrN2O. The first-order chi connectivity index (χ1) is 8.89. The zero-order valence-electron chi connectivity index (χ0n) is 11.8. The Balaban J connectivity index is 2.03. The number of halogens is 1. The van der Waals surface area contributed by atoms with E-state index in [2.05, 4.69) is 41.7 Å². The van der Waals surface area contributed by atoms with E-state index in [9.17, 15) is 4.79 Å². The lowest BCUT2D eigenvalue weighted by molar-refractivity contribution is 0.0607. The summed E-state index contributed by atoms with van der Waals surface area (Å²) in [7, 11) is 0. The molecule has 0 bridgehead atoms. The monoisotopic (exact) mass is 324 g/mol. The topological polar surface area (TPSA) is 33.2 Å². The van der Waals surface area contributed by atoms with Crippen molar-refractivity contribution in [3.05, 3.63) is 28.5 Å². The maximum absolute atomic E-state index is 12.4. The lowest BCUT2D eigenvalue weighted by Crippen LogP contribution is -2.41. The molecular weight excluding hydrogens is 304 g/mol. The number of nitrogens with zero attached hydrogens (tertiary/aromatic N) is 2. The highest BCUT2D eigenvalue weighted by molar-refractivity contribution is 9.10. The zero-order valence-corrected chi connectivity index (χ0v) is 13.4. The van der Waals surface area contributed by atoms with E-state index in [0.29, 0.717) is 21.5 Å². The number of pyridine rings is 1. The number of piperidine rings is 1. The van der Waals surface area contributed by atoms with Gasteiger partial charge in [0.1, 0.15) is 4.60 Å². The number of amides is 1. The van der Waals surface area contributed by atoms with Gasteiger partial charge in [-0.3, -0.25) is 4.79 Å². The summed E-state index contributed by atoms with van der Waals surface area (Å²) in [5.74, 6) is 0.793. The smallest absolute Gasteiger partial charge is 0.256 e. The molecule has 19 heavy (non-hydrogen) atoms. The SMILES string of the molecule is CC(C)(C)C1CCN(C(=O)c2cccnc2Br)CC1. The number of hydrogen-bond acceptors (Lipinski definition) is 2. The lowest BCUT2D eigenvalue weighted by Gasteiger charge is -2.38.